The summed E-state index contributed by atoms with van der Waals surface area (Å²) < 4.78 is 11.2. The number of carbonyl (C=O) groups excluding carboxylic acids is 1. The number of rotatable bonds is 10. The van der Waals surface area contributed by atoms with Gasteiger partial charge in [-0.25, -0.2) is 0 Å². The van der Waals surface area contributed by atoms with Gasteiger partial charge < -0.3 is 19.4 Å². The molecular weight excluding hydrogens is 450 g/mol. The predicted octanol–water partition coefficient (Wildman–Crippen LogP) is 4.17. The zero-order valence-electron chi connectivity index (χ0n) is 19.3. The monoisotopic (exact) mass is 479 g/mol. The molecule has 0 aliphatic carbocycles. The van der Waals surface area contributed by atoms with Gasteiger partial charge in [0.2, 0.25) is 11.8 Å². The number of anilines is 2. The summed E-state index contributed by atoms with van der Waals surface area (Å²) in [7, 11) is 0. The number of para-hydroxylation sites is 2. The van der Waals surface area contributed by atoms with Crippen LogP contribution in [0.4, 0.5) is 11.4 Å². The molecule has 1 amide bonds. The van der Waals surface area contributed by atoms with Crippen LogP contribution in [0.15, 0.2) is 70.8 Å². The summed E-state index contributed by atoms with van der Waals surface area (Å²) in [5.74, 6) is 1.25. The van der Waals surface area contributed by atoms with Gasteiger partial charge in [-0.05, 0) is 43.3 Å². The lowest BCUT2D eigenvalue weighted by molar-refractivity contribution is -0.113. The first-order valence-corrected chi connectivity index (χ1v) is 12.3. The molecule has 9 heteroatoms. The van der Waals surface area contributed by atoms with E-state index in [1.165, 1.54) is 11.8 Å². The van der Waals surface area contributed by atoms with Crippen LogP contribution in [0.5, 0.6) is 5.75 Å². The second-order valence-corrected chi connectivity index (χ2v) is 8.69. The molecule has 34 heavy (non-hydrogen) atoms. The third-order valence-electron chi connectivity index (χ3n) is 5.42. The Morgan fingerprint density at radius 1 is 1.15 bits per heavy atom. The van der Waals surface area contributed by atoms with Crippen molar-refractivity contribution in [1.29, 1.82) is 0 Å². The molecule has 2 aromatic carbocycles. The van der Waals surface area contributed by atoms with Crippen LogP contribution in [0.1, 0.15) is 6.92 Å². The highest BCUT2D eigenvalue weighted by Crippen LogP contribution is 2.28. The molecule has 178 valence electrons. The van der Waals surface area contributed by atoms with E-state index >= 15 is 0 Å². The standard InChI is InChI=1S/C25H29N5O3S/c1-3-13-29-14-16-30(17-15-29)22-8-6-5-7-21(22)26-23(31)18-34-25-28-27-24(33-25)19-9-11-20(12-10-19)32-4-2/h3,5-12H,1,4,13-18H2,2H3,(H,26,31). The van der Waals surface area contributed by atoms with Gasteiger partial charge in [-0.15, -0.1) is 16.8 Å². The summed E-state index contributed by atoms with van der Waals surface area (Å²) in [4.78, 5) is 17.3. The van der Waals surface area contributed by atoms with E-state index < -0.39 is 0 Å². The molecule has 1 aliphatic rings. The van der Waals surface area contributed by atoms with Crippen LogP contribution in [0.3, 0.4) is 0 Å². The Labute approximate surface area is 204 Å². The number of carbonyl (C=O) groups is 1. The Morgan fingerprint density at radius 2 is 1.91 bits per heavy atom. The quantitative estimate of drug-likeness (QED) is 0.343. The molecule has 0 radical (unpaired) electrons. The van der Waals surface area contributed by atoms with Crippen molar-refractivity contribution >= 4 is 29.0 Å². The van der Waals surface area contributed by atoms with Crippen LogP contribution in [0.2, 0.25) is 0 Å². The molecule has 8 nitrogen and oxygen atoms in total. The Bertz CT molecular complexity index is 1090. The van der Waals surface area contributed by atoms with Crippen molar-refractivity contribution in [3.63, 3.8) is 0 Å². The normalized spacial score (nSPS) is 14.1. The van der Waals surface area contributed by atoms with Crippen molar-refractivity contribution in [1.82, 2.24) is 15.1 Å². The smallest absolute Gasteiger partial charge is 0.277 e. The molecule has 0 atom stereocenters. The summed E-state index contributed by atoms with van der Waals surface area (Å²) in [5.41, 5.74) is 2.65. The number of aromatic nitrogens is 2. The van der Waals surface area contributed by atoms with Gasteiger partial charge in [0, 0.05) is 38.3 Å². The lowest BCUT2D eigenvalue weighted by Gasteiger charge is -2.36. The van der Waals surface area contributed by atoms with Crippen LogP contribution in [0.25, 0.3) is 11.5 Å². The van der Waals surface area contributed by atoms with Crippen molar-refractivity contribution in [2.45, 2.75) is 12.1 Å². The number of nitrogens with zero attached hydrogens (tertiary/aromatic N) is 4. The Balaban J connectivity index is 1.32. The minimum atomic E-state index is -0.122. The maximum atomic E-state index is 12.7. The summed E-state index contributed by atoms with van der Waals surface area (Å²) >= 11 is 1.22. The van der Waals surface area contributed by atoms with Crippen LogP contribution >= 0.6 is 11.8 Å². The van der Waals surface area contributed by atoms with Crippen LogP contribution in [-0.4, -0.2) is 66.1 Å². The first kappa shape index (κ1) is 23.8. The van der Waals surface area contributed by atoms with Gasteiger partial charge in [-0.2, -0.15) is 0 Å². The molecule has 1 fully saturated rings. The van der Waals surface area contributed by atoms with Crippen molar-refractivity contribution in [2.75, 3.05) is 55.3 Å². The second kappa shape index (κ2) is 11.7. The van der Waals surface area contributed by atoms with Crippen LogP contribution < -0.4 is 15.0 Å². The Kier molecular flexibility index (Phi) is 8.21. The number of hydrogen-bond acceptors (Lipinski definition) is 8. The van der Waals surface area contributed by atoms with Gasteiger partial charge in [0.15, 0.2) is 0 Å². The first-order valence-electron chi connectivity index (χ1n) is 11.3. The number of amides is 1. The largest absolute Gasteiger partial charge is 0.494 e. The number of hydrogen-bond donors (Lipinski definition) is 1. The van der Waals surface area contributed by atoms with E-state index in [-0.39, 0.29) is 11.7 Å². The Hall–Kier alpha value is -3.30. The summed E-state index contributed by atoms with van der Waals surface area (Å²) in [6, 6.07) is 15.4. The van der Waals surface area contributed by atoms with Crippen molar-refractivity contribution in [3.8, 4) is 17.2 Å². The molecule has 4 rings (SSSR count). The van der Waals surface area contributed by atoms with E-state index in [4.69, 9.17) is 9.15 Å². The van der Waals surface area contributed by atoms with E-state index in [1.807, 2.05) is 61.5 Å². The molecule has 0 spiro atoms. The second-order valence-electron chi connectivity index (χ2n) is 7.76. The lowest BCUT2D eigenvalue weighted by atomic mass is 10.2. The zero-order valence-corrected chi connectivity index (χ0v) is 20.1. The van der Waals surface area contributed by atoms with Gasteiger partial charge >= 0.3 is 0 Å². The molecule has 1 N–H and O–H groups in total. The molecular formula is C25H29N5O3S. The maximum Gasteiger partial charge on any atom is 0.277 e. The molecule has 1 aliphatic heterocycles. The number of ether oxygens (including phenoxy) is 1. The summed E-state index contributed by atoms with van der Waals surface area (Å²) in [6.45, 7) is 11.0. The molecule has 0 saturated carbocycles. The highest BCUT2D eigenvalue weighted by Gasteiger charge is 2.19. The highest BCUT2D eigenvalue weighted by atomic mass is 32.2. The minimum Gasteiger partial charge on any atom is -0.494 e. The number of nitrogens with one attached hydrogen (secondary N) is 1. The van der Waals surface area contributed by atoms with Gasteiger partial charge in [-0.1, -0.05) is 30.0 Å². The van der Waals surface area contributed by atoms with E-state index in [0.717, 1.165) is 55.4 Å². The highest BCUT2D eigenvalue weighted by molar-refractivity contribution is 7.99. The lowest BCUT2D eigenvalue weighted by Crippen LogP contribution is -2.46. The predicted molar refractivity (Wildman–Crippen MR) is 136 cm³/mol. The van der Waals surface area contributed by atoms with E-state index in [1.54, 1.807) is 0 Å². The SMILES string of the molecule is C=CCN1CCN(c2ccccc2NC(=O)CSc2nnc(-c3ccc(OCC)cc3)o2)CC1. The van der Waals surface area contributed by atoms with Gasteiger partial charge in [0.25, 0.3) is 5.22 Å². The van der Waals surface area contributed by atoms with Crippen LogP contribution in [-0.2, 0) is 4.79 Å². The van der Waals surface area contributed by atoms with Gasteiger partial charge in [0.1, 0.15) is 5.75 Å². The number of benzene rings is 2. The minimum absolute atomic E-state index is 0.122. The Morgan fingerprint density at radius 3 is 2.65 bits per heavy atom. The number of thioether (sulfide) groups is 1. The van der Waals surface area contributed by atoms with Crippen molar-refractivity contribution < 1.29 is 13.9 Å². The maximum absolute atomic E-state index is 12.7. The summed E-state index contributed by atoms with van der Waals surface area (Å²) in [5, 5.41) is 11.5. The average Bonchev–Trinajstić information content (AvgIpc) is 3.34. The fourth-order valence-corrected chi connectivity index (χ4v) is 4.33. The summed E-state index contributed by atoms with van der Waals surface area (Å²) in [6.07, 6.45) is 1.94. The van der Waals surface area contributed by atoms with E-state index in [9.17, 15) is 4.79 Å². The molecule has 0 unspecified atom stereocenters. The zero-order chi connectivity index (χ0) is 23.8. The number of piperazine rings is 1. The van der Waals surface area contributed by atoms with Gasteiger partial charge in [0.05, 0.1) is 23.7 Å². The van der Waals surface area contributed by atoms with Gasteiger partial charge in [-0.3, -0.25) is 9.69 Å². The third-order valence-corrected chi connectivity index (χ3v) is 6.24. The molecule has 3 aromatic rings. The molecule has 2 heterocycles. The van der Waals surface area contributed by atoms with E-state index in [0.29, 0.717) is 17.7 Å². The average molecular weight is 480 g/mol. The topological polar surface area (TPSA) is 83.7 Å². The van der Waals surface area contributed by atoms with Crippen molar-refractivity contribution in [3.05, 3.63) is 61.2 Å². The molecule has 0 bridgehead atoms. The van der Waals surface area contributed by atoms with Crippen LogP contribution in [0, 0.1) is 0 Å². The first-order chi connectivity index (χ1) is 16.7. The third kappa shape index (κ3) is 6.18. The molecule has 1 saturated heterocycles. The van der Waals surface area contributed by atoms with Crippen molar-refractivity contribution in [2.24, 2.45) is 0 Å². The molecule has 1 aromatic heterocycles. The fraction of sp³-hybridized carbons (Fsp3) is 0.320. The van der Waals surface area contributed by atoms with E-state index in [2.05, 4.69) is 31.9 Å². The fourth-order valence-electron chi connectivity index (χ4n) is 3.77.